The van der Waals surface area contributed by atoms with Gasteiger partial charge >= 0.3 is 0 Å². The number of hydrogen-bond acceptors (Lipinski definition) is 8. The van der Waals surface area contributed by atoms with Gasteiger partial charge in [0.1, 0.15) is 4.88 Å². The number of carbonyl (C=O) groups is 1. The minimum absolute atomic E-state index is 0.0121. The lowest BCUT2D eigenvalue weighted by Gasteiger charge is -2.14. The molecule has 1 amide bonds. The molecule has 1 fully saturated rings. The van der Waals surface area contributed by atoms with Crippen molar-refractivity contribution in [1.82, 2.24) is 24.6 Å². The van der Waals surface area contributed by atoms with E-state index in [1.807, 2.05) is 22.4 Å². The van der Waals surface area contributed by atoms with E-state index in [-0.39, 0.29) is 11.8 Å². The Balaban J connectivity index is 1.48. The summed E-state index contributed by atoms with van der Waals surface area (Å²) in [5.41, 5.74) is 0.683. The lowest BCUT2D eigenvalue weighted by molar-refractivity contribution is 0.0794. The smallest absolute Gasteiger partial charge is 0.267 e. The molecule has 1 atom stereocenters. The highest BCUT2D eigenvalue weighted by Crippen LogP contribution is 2.30. The van der Waals surface area contributed by atoms with E-state index in [0.29, 0.717) is 35.4 Å². The molecule has 0 saturated carbocycles. The molecule has 0 aromatic carbocycles. The topological polar surface area (TPSA) is 85.0 Å². The Morgan fingerprint density at radius 2 is 2.39 bits per heavy atom. The predicted octanol–water partition coefficient (Wildman–Crippen LogP) is 2.59. The van der Waals surface area contributed by atoms with Gasteiger partial charge in [0.2, 0.25) is 0 Å². The maximum absolute atomic E-state index is 12.5. The second-order valence-corrected chi connectivity index (χ2v) is 7.06. The van der Waals surface area contributed by atoms with E-state index in [2.05, 4.69) is 19.7 Å². The molecule has 0 aliphatic carbocycles. The normalized spacial score (nSPS) is 17.8. The Bertz CT molecular complexity index is 826. The van der Waals surface area contributed by atoms with Crippen LogP contribution in [0.1, 0.15) is 33.5 Å². The second-order valence-electron chi connectivity index (χ2n) is 5.36. The Labute approximate surface area is 140 Å². The van der Waals surface area contributed by atoms with Gasteiger partial charge < -0.3 is 9.42 Å². The van der Waals surface area contributed by atoms with Gasteiger partial charge in [-0.1, -0.05) is 15.7 Å². The van der Waals surface area contributed by atoms with Crippen molar-refractivity contribution in [3.05, 3.63) is 33.9 Å². The van der Waals surface area contributed by atoms with Gasteiger partial charge in [-0.05, 0) is 36.3 Å². The first-order valence-corrected chi connectivity index (χ1v) is 8.83. The van der Waals surface area contributed by atoms with Crippen LogP contribution in [0, 0.1) is 6.92 Å². The van der Waals surface area contributed by atoms with Gasteiger partial charge in [0, 0.05) is 19.0 Å². The maximum Gasteiger partial charge on any atom is 0.267 e. The summed E-state index contributed by atoms with van der Waals surface area (Å²) in [6.45, 7) is 3.08. The van der Waals surface area contributed by atoms with Crippen molar-refractivity contribution in [2.24, 2.45) is 0 Å². The molecular formula is C14H13N5O2S2. The molecular weight excluding hydrogens is 334 g/mol. The summed E-state index contributed by atoms with van der Waals surface area (Å²) >= 11 is 2.71. The summed E-state index contributed by atoms with van der Waals surface area (Å²) in [5, 5.41) is 9.96. The minimum atomic E-state index is -0.0121. The largest absolute Gasteiger partial charge is 0.337 e. The van der Waals surface area contributed by atoms with Crippen molar-refractivity contribution in [2.75, 3.05) is 13.1 Å². The van der Waals surface area contributed by atoms with Gasteiger partial charge in [0.25, 0.3) is 11.8 Å². The zero-order valence-corrected chi connectivity index (χ0v) is 13.9. The number of likely N-dealkylation sites (tertiary alicyclic amines) is 1. The van der Waals surface area contributed by atoms with Crippen LogP contribution >= 0.6 is 22.9 Å². The van der Waals surface area contributed by atoms with E-state index in [1.54, 1.807) is 18.3 Å². The van der Waals surface area contributed by atoms with Crippen molar-refractivity contribution in [3.63, 3.8) is 0 Å². The van der Waals surface area contributed by atoms with Crippen LogP contribution in [0.4, 0.5) is 0 Å². The van der Waals surface area contributed by atoms with Crippen molar-refractivity contribution in [1.29, 1.82) is 0 Å². The molecule has 0 N–H and O–H groups in total. The van der Waals surface area contributed by atoms with E-state index in [4.69, 9.17) is 4.52 Å². The molecule has 7 nitrogen and oxygen atoms in total. The first-order chi connectivity index (χ1) is 11.2. The zero-order chi connectivity index (χ0) is 15.8. The number of nitrogens with zero attached hydrogens (tertiary/aromatic N) is 5. The van der Waals surface area contributed by atoms with E-state index < -0.39 is 0 Å². The average molecular weight is 347 g/mol. The fourth-order valence-corrected chi connectivity index (χ4v) is 3.90. The van der Waals surface area contributed by atoms with Crippen LogP contribution in [0.5, 0.6) is 0 Å². The molecule has 118 valence electrons. The molecule has 23 heavy (non-hydrogen) atoms. The summed E-state index contributed by atoms with van der Waals surface area (Å²) in [6.07, 6.45) is 0.834. The van der Waals surface area contributed by atoms with Crippen LogP contribution in [0.25, 0.3) is 10.8 Å². The standard InChI is InChI=1S/C14H13N5O2S2/c1-8-11(23-18-16-8)14(20)19-5-4-9(7-19)12-15-13(21-17-12)10-3-2-6-22-10/h2-3,6,9H,4-5,7H2,1H3/t9-/m1/s1. The summed E-state index contributed by atoms with van der Waals surface area (Å²) in [6, 6.07) is 3.90. The van der Waals surface area contributed by atoms with Gasteiger partial charge in [-0.15, -0.1) is 16.4 Å². The molecule has 0 unspecified atom stereocenters. The summed E-state index contributed by atoms with van der Waals surface area (Å²) < 4.78 is 9.17. The van der Waals surface area contributed by atoms with Gasteiger partial charge in [0.05, 0.1) is 10.6 Å². The molecule has 3 aromatic rings. The third-order valence-corrected chi connectivity index (χ3v) is 5.53. The van der Waals surface area contributed by atoms with Crippen LogP contribution in [0.15, 0.2) is 22.0 Å². The van der Waals surface area contributed by atoms with Crippen LogP contribution < -0.4 is 0 Å². The van der Waals surface area contributed by atoms with Crippen LogP contribution in [0.3, 0.4) is 0 Å². The monoisotopic (exact) mass is 347 g/mol. The number of amides is 1. The number of carbonyl (C=O) groups excluding carboxylic acids is 1. The Morgan fingerprint density at radius 3 is 3.13 bits per heavy atom. The van der Waals surface area contributed by atoms with Gasteiger partial charge in [-0.3, -0.25) is 4.79 Å². The third kappa shape index (κ3) is 2.66. The lowest BCUT2D eigenvalue weighted by Crippen LogP contribution is -2.28. The molecule has 9 heteroatoms. The average Bonchev–Trinajstić information content (AvgIpc) is 3.31. The Morgan fingerprint density at radius 1 is 1.48 bits per heavy atom. The van der Waals surface area contributed by atoms with Crippen molar-refractivity contribution in [2.45, 2.75) is 19.3 Å². The summed E-state index contributed by atoms with van der Waals surface area (Å²) in [5.74, 6) is 1.31. The first-order valence-electron chi connectivity index (χ1n) is 7.18. The highest BCUT2D eigenvalue weighted by molar-refractivity contribution is 7.13. The highest BCUT2D eigenvalue weighted by atomic mass is 32.1. The van der Waals surface area contributed by atoms with Crippen LogP contribution in [0.2, 0.25) is 0 Å². The third-order valence-electron chi connectivity index (χ3n) is 3.86. The van der Waals surface area contributed by atoms with Crippen LogP contribution in [-0.2, 0) is 0 Å². The number of rotatable bonds is 3. The second kappa shape index (κ2) is 5.82. The van der Waals surface area contributed by atoms with Crippen molar-refractivity contribution in [3.8, 4) is 10.8 Å². The molecule has 4 rings (SSSR count). The molecule has 3 aromatic heterocycles. The molecule has 1 aliphatic heterocycles. The van der Waals surface area contributed by atoms with Crippen molar-refractivity contribution >= 4 is 28.8 Å². The first kappa shape index (κ1) is 14.5. The van der Waals surface area contributed by atoms with E-state index in [1.165, 1.54) is 0 Å². The zero-order valence-electron chi connectivity index (χ0n) is 12.3. The molecule has 0 radical (unpaired) electrons. The fourth-order valence-electron chi connectivity index (χ4n) is 2.63. The predicted molar refractivity (Wildman–Crippen MR) is 85.5 cm³/mol. The maximum atomic E-state index is 12.5. The minimum Gasteiger partial charge on any atom is -0.337 e. The van der Waals surface area contributed by atoms with E-state index in [9.17, 15) is 4.79 Å². The Kier molecular flexibility index (Phi) is 3.66. The summed E-state index contributed by atoms with van der Waals surface area (Å²) in [4.78, 5) is 20.4. The summed E-state index contributed by atoms with van der Waals surface area (Å²) in [7, 11) is 0. The van der Waals surface area contributed by atoms with Gasteiger partial charge in [-0.25, -0.2) is 0 Å². The molecule has 1 saturated heterocycles. The number of thiophene rings is 1. The Hall–Kier alpha value is -2.13. The highest BCUT2D eigenvalue weighted by Gasteiger charge is 2.32. The SMILES string of the molecule is Cc1nnsc1C(=O)N1CC[C@@H](c2noc(-c3cccs3)n2)C1. The van der Waals surface area contributed by atoms with E-state index >= 15 is 0 Å². The lowest BCUT2D eigenvalue weighted by atomic mass is 10.1. The van der Waals surface area contributed by atoms with Gasteiger partial charge in [0.15, 0.2) is 5.82 Å². The molecule has 4 heterocycles. The van der Waals surface area contributed by atoms with Gasteiger partial charge in [-0.2, -0.15) is 4.98 Å². The number of hydrogen-bond donors (Lipinski definition) is 0. The number of aromatic nitrogens is 4. The number of aryl methyl sites for hydroxylation is 1. The van der Waals surface area contributed by atoms with Crippen molar-refractivity contribution < 1.29 is 9.32 Å². The quantitative estimate of drug-likeness (QED) is 0.724. The molecule has 1 aliphatic rings. The molecule has 0 bridgehead atoms. The van der Waals surface area contributed by atoms with E-state index in [0.717, 1.165) is 22.8 Å². The fraction of sp³-hybridized carbons (Fsp3) is 0.357. The molecule has 0 spiro atoms. The van der Waals surface area contributed by atoms with Crippen LogP contribution in [-0.4, -0.2) is 43.6 Å².